The van der Waals surface area contributed by atoms with Gasteiger partial charge in [-0.1, -0.05) is 6.07 Å². The lowest BCUT2D eigenvalue weighted by Crippen LogP contribution is -2.38. The number of piperidine rings is 1. The van der Waals surface area contributed by atoms with E-state index >= 15 is 0 Å². The molecule has 2 amide bonds. The van der Waals surface area contributed by atoms with Crippen molar-refractivity contribution in [2.24, 2.45) is 0 Å². The molecule has 2 aromatic rings. The Labute approximate surface area is 178 Å². The zero-order valence-electron chi connectivity index (χ0n) is 16.9. The molecule has 2 heterocycles. The highest BCUT2D eigenvalue weighted by Crippen LogP contribution is 2.34. The standard InChI is InChI=1S/C21H24N2O6S/c1-27-16-11-14(21(26)29-13-19(24)23-8-4-3-5-9-23)15(12-17(16)28-2)22-20(25)18-7-6-10-30-18/h6-7,10-12H,3-5,8-9,13H2,1-2H3,(H,22,25). The van der Waals surface area contributed by atoms with Crippen molar-refractivity contribution in [2.45, 2.75) is 19.3 Å². The summed E-state index contributed by atoms with van der Waals surface area (Å²) in [5.41, 5.74) is 0.283. The van der Waals surface area contributed by atoms with Gasteiger partial charge in [0.1, 0.15) is 0 Å². The van der Waals surface area contributed by atoms with Gasteiger partial charge in [-0.3, -0.25) is 9.59 Å². The minimum Gasteiger partial charge on any atom is -0.493 e. The maximum Gasteiger partial charge on any atom is 0.340 e. The van der Waals surface area contributed by atoms with Gasteiger partial charge < -0.3 is 24.4 Å². The van der Waals surface area contributed by atoms with Crippen molar-refractivity contribution in [1.82, 2.24) is 4.90 Å². The number of ether oxygens (including phenoxy) is 3. The van der Waals surface area contributed by atoms with Crippen LogP contribution in [0.2, 0.25) is 0 Å². The number of rotatable bonds is 7. The Kier molecular flexibility index (Phi) is 7.29. The van der Waals surface area contributed by atoms with Crippen LogP contribution in [0.25, 0.3) is 0 Å². The SMILES string of the molecule is COc1cc(NC(=O)c2cccs2)c(C(=O)OCC(=O)N2CCCCC2)cc1OC. The summed E-state index contributed by atoms with van der Waals surface area (Å²) in [5, 5.41) is 4.49. The molecule has 1 fully saturated rings. The lowest BCUT2D eigenvalue weighted by atomic mass is 10.1. The number of methoxy groups -OCH3 is 2. The van der Waals surface area contributed by atoms with Gasteiger partial charge in [-0.15, -0.1) is 11.3 Å². The van der Waals surface area contributed by atoms with Crippen molar-refractivity contribution in [1.29, 1.82) is 0 Å². The van der Waals surface area contributed by atoms with E-state index < -0.39 is 5.97 Å². The van der Waals surface area contributed by atoms with E-state index in [2.05, 4.69) is 5.32 Å². The van der Waals surface area contributed by atoms with Crippen LogP contribution in [0, 0.1) is 0 Å². The molecular formula is C21H24N2O6S. The Bertz CT molecular complexity index is 906. The molecule has 1 aromatic heterocycles. The number of hydrogen-bond donors (Lipinski definition) is 1. The van der Waals surface area contributed by atoms with E-state index in [0.29, 0.717) is 29.5 Å². The second kappa shape index (κ2) is 10.1. The van der Waals surface area contributed by atoms with Gasteiger partial charge >= 0.3 is 5.97 Å². The van der Waals surface area contributed by atoms with Crippen LogP contribution < -0.4 is 14.8 Å². The predicted octanol–water partition coefficient (Wildman–Crippen LogP) is 3.19. The summed E-state index contributed by atoms with van der Waals surface area (Å²) >= 11 is 1.28. The second-order valence-corrected chi connectivity index (χ2v) is 7.65. The molecule has 1 aliphatic rings. The lowest BCUT2D eigenvalue weighted by molar-refractivity contribution is -0.135. The van der Waals surface area contributed by atoms with Crippen LogP contribution in [-0.4, -0.2) is 56.6 Å². The first-order chi connectivity index (χ1) is 14.5. The van der Waals surface area contributed by atoms with Gasteiger partial charge in [0.2, 0.25) is 0 Å². The third-order valence-electron chi connectivity index (χ3n) is 4.77. The minimum atomic E-state index is -0.734. The fourth-order valence-corrected chi connectivity index (χ4v) is 3.80. The molecule has 160 valence electrons. The van der Waals surface area contributed by atoms with Crippen molar-refractivity contribution in [2.75, 3.05) is 39.2 Å². The van der Waals surface area contributed by atoms with E-state index in [0.717, 1.165) is 19.3 Å². The van der Waals surface area contributed by atoms with E-state index in [1.807, 2.05) is 0 Å². The van der Waals surface area contributed by atoms with Crippen LogP contribution in [0.1, 0.15) is 39.3 Å². The van der Waals surface area contributed by atoms with Gasteiger partial charge in [-0.05, 0) is 30.7 Å². The smallest absolute Gasteiger partial charge is 0.340 e. The summed E-state index contributed by atoms with van der Waals surface area (Å²) in [7, 11) is 2.90. The van der Waals surface area contributed by atoms with Crippen LogP contribution in [0.3, 0.4) is 0 Å². The van der Waals surface area contributed by atoms with Crippen LogP contribution in [0.15, 0.2) is 29.6 Å². The predicted molar refractivity (Wildman–Crippen MR) is 113 cm³/mol. The van der Waals surface area contributed by atoms with E-state index in [9.17, 15) is 14.4 Å². The molecule has 0 spiro atoms. The first-order valence-corrected chi connectivity index (χ1v) is 10.5. The number of carbonyl (C=O) groups excluding carboxylic acids is 3. The van der Waals surface area contributed by atoms with E-state index in [1.54, 1.807) is 22.4 Å². The monoisotopic (exact) mass is 432 g/mol. The van der Waals surface area contributed by atoms with Crippen molar-refractivity contribution >= 4 is 34.8 Å². The Morgan fingerprint density at radius 1 is 1.07 bits per heavy atom. The molecule has 0 aliphatic carbocycles. The van der Waals surface area contributed by atoms with Crippen molar-refractivity contribution in [3.63, 3.8) is 0 Å². The van der Waals surface area contributed by atoms with Crippen molar-refractivity contribution in [3.05, 3.63) is 40.1 Å². The van der Waals surface area contributed by atoms with Crippen molar-refractivity contribution < 1.29 is 28.6 Å². The second-order valence-electron chi connectivity index (χ2n) is 6.70. The zero-order chi connectivity index (χ0) is 21.5. The lowest BCUT2D eigenvalue weighted by Gasteiger charge is -2.26. The topological polar surface area (TPSA) is 94.2 Å². The molecule has 1 saturated heterocycles. The van der Waals surface area contributed by atoms with Crippen LogP contribution in [-0.2, 0) is 9.53 Å². The summed E-state index contributed by atoms with van der Waals surface area (Å²) in [4.78, 5) is 39.7. The summed E-state index contributed by atoms with van der Waals surface area (Å²) in [5.74, 6) is -0.674. The molecular weight excluding hydrogens is 408 g/mol. The average Bonchev–Trinajstić information content (AvgIpc) is 3.32. The zero-order valence-corrected chi connectivity index (χ0v) is 17.8. The molecule has 3 rings (SSSR count). The van der Waals surface area contributed by atoms with Crippen molar-refractivity contribution in [3.8, 4) is 11.5 Å². The number of amides is 2. The van der Waals surface area contributed by atoms with Crippen LogP contribution in [0.4, 0.5) is 5.69 Å². The van der Waals surface area contributed by atoms with Gasteiger partial charge in [-0.25, -0.2) is 4.79 Å². The maximum atomic E-state index is 12.8. The number of nitrogens with one attached hydrogen (secondary N) is 1. The highest BCUT2D eigenvalue weighted by atomic mass is 32.1. The molecule has 0 saturated carbocycles. The van der Waals surface area contributed by atoms with Gasteiger partial charge in [0, 0.05) is 25.2 Å². The molecule has 1 N–H and O–H groups in total. The highest BCUT2D eigenvalue weighted by molar-refractivity contribution is 7.12. The molecule has 0 atom stereocenters. The molecule has 0 bridgehead atoms. The summed E-state index contributed by atoms with van der Waals surface area (Å²) in [6, 6.07) is 6.36. The number of likely N-dealkylation sites (tertiary alicyclic amines) is 1. The molecule has 0 radical (unpaired) electrons. The van der Waals surface area contributed by atoms with Crippen LogP contribution >= 0.6 is 11.3 Å². The van der Waals surface area contributed by atoms with E-state index in [-0.39, 0.29) is 29.7 Å². The number of hydrogen-bond acceptors (Lipinski definition) is 7. The average molecular weight is 432 g/mol. The van der Waals surface area contributed by atoms with Crippen LogP contribution in [0.5, 0.6) is 11.5 Å². The number of thiophene rings is 1. The fourth-order valence-electron chi connectivity index (χ4n) is 3.18. The summed E-state index contributed by atoms with van der Waals surface area (Å²) in [6.07, 6.45) is 3.00. The largest absolute Gasteiger partial charge is 0.493 e. The third-order valence-corrected chi connectivity index (χ3v) is 5.64. The fraction of sp³-hybridized carbons (Fsp3) is 0.381. The maximum absolute atomic E-state index is 12.8. The number of carbonyl (C=O) groups is 3. The summed E-state index contributed by atoms with van der Waals surface area (Å²) in [6.45, 7) is 0.995. The van der Waals surface area contributed by atoms with Gasteiger partial charge in [0.15, 0.2) is 18.1 Å². The van der Waals surface area contributed by atoms with Gasteiger partial charge in [0.25, 0.3) is 11.8 Å². The molecule has 1 aromatic carbocycles. The quantitative estimate of drug-likeness (QED) is 0.676. The van der Waals surface area contributed by atoms with Gasteiger partial charge in [0.05, 0.1) is 30.3 Å². The number of nitrogens with zero attached hydrogens (tertiary/aromatic N) is 1. The Morgan fingerprint density at radius 3 is 2.40 bits per heavy atom. The molecule has 1 aliphatic heterocycles. The number of anilines is 1. The summed E-state index contributed by atoms with van der Waals surface area (Å²) < 4.78 is 15.8. The normalized spacial score (nSPS) is 13.5. The van der Waals surface area contributed by atoms with E-state index in [1.165, 1.54) is 37.7 Å². The van der Waals surface area contributed by atoms with E-state index in [4.69, 9.17) is 14.2 Å². The minimum absolute atomic E-state index is 0.0731. The Hall–Kier alpha value is -3.07. The molecule has 9 heteroatoms. The number of esters is 1. The molecule has 30 heavy (non-hydrogen) atoms. The molecule has 0 unspecified atom stereocenters. The first-order valence-electron chi connectivity index (χ1n) is 9.59. The first kappa shape index (κ1) is 21.6. The highest BCUT2D eigenvalue weighted by Gasteiger charge is 2.23. The van der Waals surface area contributed by atoms with Gasteiger partial charge in [-0.2, -0.15) is 0 Å². The Balaban J connectivity index is 1.79. The third kappa shape index (κ3) is 5.10. The molecule has 8 nitrogen and oxygen atoms in total. The number of benzene rings is 1. The Morgan fingerprint density at radius 2 is 1.77 bits per heavy atom.